The van der Waals surface area contributed by atoms with E-state index < -0.39 is 0 Å². The van der Waals surface area contributed by atoms with Gasteiger partial charge in [0.05, 0.1) is 6.61 Å². The average molecular weight is 298 g/mol. The first-order chi connectivity index (χ1) is 10.4. The maximum atomic E-state index is 11.5. The van der Waals surface area contributed by atoms with Crippen molar-refractivity contribution >= 4 is 11.5 Å². The molecule has 0 saturated carbocycles. The van der Waals surface area contributed by atoms with Gasteiger partial charge in [-0.3, -0.25) is 4.79 Å². The van der Waals surface area contributed by atoms with Crippen LogP contribution in [-0.4, -0.2) is 12.6 Å². The number of hydrogen-bond donors (Lipinski definition) is 0. The van der Waals surface area contributed by atoms with Crippen molar-refractivity contribution in [1.29, 1.82) is 0 Å². The van der Waals surface area contributed by atoms with Gasteiger partial charge >= 0.3 is 5.97 Å². The third-order valence-electron chi connectivity index (χ3n) is 4.28. The van der Waals surface area contributed by atoms with Crippen molar-refractivity contribution in [3.63, 3.8) is 0 Å². The standard InChI is InChI=1S/C20H26O2/c1-6-22-19(21)8-7-17-12-18(11-14(17)3)20-15(4)9-13(2)10-16(20)5/h9-12,17H,6-8H2,1-5H3. The second-order valence-electron chi connectivity index (χ2n) is 6.23. The first kappa shape index (κ1) is 16.5. The fourth-order valence-electron chi connectivity index (χ4n) is 3.36. The molecule has 1 aliphatic carbocycles. The molecule has 1 aromatic rings. The Kier molecular flexibility index (Phi) is 5.23. The van der Waals surface area contributed by atoms with Crippen LogP contribution in [0.2, 0.25) is 0 Å². The number of aryl methyl sites for hydroxylation is 3. The smallest absolute Gasteiger partial charge is 0.305 e. The van der Waals surface area contributed by atoms with E-state index in [-0.39, 0.29) is 5.97 Å². The van der Waals surface area contributed by atoms with Gasteiger partial charge in [-0.1, -0.05) is 35.4 Å². The predicted molar refractivity (Wildman–Crippen MR) is 91.7 cm³/mol. The Bertz CT molecular complexity index is 612. The quantitative estimate of drug-likeness (QED) is 0.722. The molecular weight excluding hydrogens is 272 g/mol. The molecule has 0 aromatic heterocycles. The monoisotopic (exact) mass is 298 g/mol. The SMILES string of the molecule is CCOC(=O)CCC1C=C(c2c(C)cc(C)cc2C)C=C1C. The lowest BCUT2D eigenvalue weighted by molar-refractivity contribution is -0.143. The summed E-state index contributed by atoms with van der Waals surface area (Å²) in [7, 11) is 0. The molecule has 118 valence electrons. The zero-order valence-corrected chi connectivity index (χ0v) is 14.3. The number of allylic oxidation sites excluding steroid dienone is 4. The Morgan fingerprint density at radius 3 is 2.36 bits per heavy atom. The molecule has 0 spiro atoms. The molecule has 0 aliphatic heterocycles. The van der Waals surface area contributed by atoms with Crippen LogP contribution in [0.3, 0.4) is 0 Å². The average Bonchev–Trinajstić information content (AvgIpc) is 2.76. The first-order valence-electron chi connectivity index (χ1n) is 8.06. The molecule has 0 fully saturated rings. The molecular formula is C20H26O2. The summed E-state index contributed by atoms with van der Waals surface area (Å²) in [6, 6.07) is 4.47. The summed E-state index contributed by atoms with van der Waals surface area (Å²) in [5.74, 6) is 0.249. The van der Waals surface area contributed by atoms with Crippen LogP contribution in [-0.2, 0) is 9.53 Å². The second kappa shape index (κ2) is 6.95. The summed E-state index contributed by atoms with van der Waals surface area (Å²) in [5, 5.41) is 0. The summed E-state index contributed by atoms with van der Waals surface area (Å²) in [4.78, 5) is 11.5. The van der Waals surface area contributed by atoms with Gasteiger partial charge in [-0.25, -0.2) is 0 Å². The molecule has 22 heavy (non-hydrogen) atoms. The Morgan fingerprint density at radius 2 is 1.77 bits per heavy atom. The molecule has 0 heterocycles. The number of carbonyl (C=O) groups excluding carboxylic acids is 1. The van der Waals surface area contributed by atoms with E-state index in [9.17, 15) is 4.79 Å². The molecule has 1 aromatic carbocycles. The fourth-order valence-corrected chi connectivity index (χ4v) is 3.36. The Balaban J connectivity index is 2.17. The number of rotatable bonds is 5. The van der Waals surface area contributed by atoms with Gasteiger partial charge in [0, 0.05) is 6.42 Å². The van der Waals surface area contributed by atoms with Crippen LogP contribution < -0.4 is 0 Å². The summed E-state index contributed by atoms with van der Waals surface area (Å²) in [6.07, 6.45) is 5.88. The van der Waals surface area contributed by atoms with Gasteiger partial charge < -0.3 is 4.74 Å². The van der Waals surface area contributed by atoms with E-state index in [1.165, 1.54) is 33.4 Å². The normalized spacial score (nSPS) is 17.2. The minimum absolute atomic E-state index is 0.0974. The van der Waals surface area contributed by atoms with Gasteiger partial charge in [-0.15, -0.1) is 0 Å². The summed E-state index contributed by atoms with van der Waals surface area (Å²) < 4.78 is 5.02. The van der Waals surface area contributed by atoms with Crippen molar-refractivity contribution < 1.29 is 9.53 Å². The number of hydrogen-bond acceptors (Lipinski definition) is 2. The maximum absolute atomic E-state index is 11.5. The van der Waals surface area contributed by atoms with Crippen LogP contribution >= 0.6 is 0 Å². The highest BCUT2D eigenvalue weighted by molar-refractivity contribution is 5.81. The van der Waals surface area contributed by atoms with E-state index in [0.29, 0.717) is 18.9 Å². The van der Waals surface area contributed by atoms with E-state index in [4.69, 9.17) is 4.74 Å². The highest BCUT2D eigenvalue weighted by atomic mass is 16.5. The Labute approximate surface area is 133 Å². The van der Waals surface area contributed by atoms with Crippen molar-refractivity contribution in [3.8, 4) is 0 Å². The minimum Gasteiger partial charge on any atom is -0.466 e. The van der Waals surface area contributed by atoms with Crippen molar-refractivity contribution in [3.05, 3.63) is 52.1 Å². The third-order valence-corrected chi connectivity index (χ3v) is 4.28. The van der Waals surface area contributed by atoms with Crippen LogP contribution in [0.4, 0.5) is 0 Å². The van der Waals surface area contributed by atoms with E-state index in [0.717, 1.165) is 6.42 Å². The summed E-state index contributed by atoms with van der Waals surface area (Å²) in [5.41, 5.74) is 7.90. The van der Waals surface area contributed by atoms with E-state index in [1.807, 2.05) is 6.92 Å². The molecule has 1 atom stereocenters. The molecule has 0 amide bonds. The molecule has 0 saturated heterocycles. The van der Waals surface area contributed by atoms with Crippen LogP contribution in [0.25, 0.3) is 5.57 Å². The molecule has 0 bridgehead atoms. The van der Waals surface area contributed by atoms with Gasteiger partial charge in [-0.05, 0) is 69.2 Å². The zero-order valence-electron chi connectivity index (χ0n) is 14.3. The molecule has 0 N–H and O–H groups in total. The lowest BCUT2D eigenvalue weighted by Gasteiger charge is -2.11. The number of carbonyl (C=O) groups is 1. The van der Waals surface area contributed by atoms with Gasteiger partial charge in [0.2, 0.25) is 0 Å². The molecule has 2 rings (SSSR count). The molecule has 1 aliphatic rings. The van der Waals surface area contributed by atoms with Crippen molar-refractivity contribution in [2.24, 2.45) is 5.92 Å². The molecule has 0 radical (unpaired) electrons. The summed E-state index contributed by atoms with van der Waals surface area (Å²) in [6.45, 7) is 10.9. The molecule has 2 nitrogen and oxygen atoms in total. The maximum Gasteiger partial charge on any atom is 0.305 e. The van der Waals surface area contributed by atoms with E-state index in [2.05, 4.69) is 52.0 Å². The van der Waals surface area contributed by atoms with E-state index >= 15 is 0 Å². The highest BCUT2D eigenvalue weighted by Gasteiger charge is 2.20. The van der Waals surface area contributed by atoms with Gasteiger partial charge in [0.1, 0.15) is 0 Å². The molecule has 2 heteroatoms. The lowest BCUT2D eigenvalue weighted by atomic mass is 9.93. The summed E-state index contributed by atoms with van der Waals surface area (Å²) >= 11 is 0. The fraction of sp³-hybridized carbons (Fsp3) is 0.450. The lowest BCUT2D eigenvalue weighted by Crippen LogP contribution is -2.06. The van der Waals surface area contributed by atoms with Crippen LogP contribution in [0.5, 0.6) is 0 Å². The van der Waals surface area contributed by atoms with Crippen molar-refractivity contribution in [2.45, 2.75) is 47.5 Å². The van der Waals surface area contributed by atoms with Gasteiger partial charge in [0.15, 0.2) is 0 Å². The number of ether oxygens (including phenoxy) is 1. The Hall–Kier alpha value is -1.83. The van der Waals surface area contributed by atoms with Crippen LogP contribution in [0.15, 0.2) is 29.9 Å². The molecule has 1 unspecified atom stereocenters. The topological polar surface area (TPSA) is 26.3 Å². The van der Waals surface area contributed by atoms with Crippen LogP contribution in [0, 0.1) is 26.7 Å². The predicted octanol–water partition coefficient (Wildman–Crippen LogP) is 4.91. The first-order valence-corrected chi connectivity index (χ1v) is 8.06. The number of benzene rings is 1. The number of esters is 1. The van der Waals surface area contributed by atoms with Gasteiger partial charge in [-0.2, -0.15) is 0 Å². The second-order valence-corrected chi connectivity index (χ2v) is 6.23. The minimum atomic E-state index is -0.0974. The van der Waals surface area contributed by atoms with Crippen molar-refractivity contribution in [2.75, 3.05) is 6.61 Å². The van der Waals surface area contributed by atoms with E-state index in [1.54, 1.807) is 0 Å². The highest BCUT2D eigenvalue weighted by Crippen LogP contribution is 2.36. The van der Waals surface area contributed by atoms with Crippen LogP contribution in [0.1, 0.15) is 48.9 Å². The van der Waals surface area contributed by atoms with Crippen molar-refractivity contribution in [1.82, 2.24) is 0 Å². The Morgan fingerprint density at radius 1 is 1.14 bits per heavy atom. The van der Waals surface area contributed by atoms with Gasteiger partial charge in [0.25, 0.3) is 0 Å². The third kappa shape index (κ3) is 3.68. The zero-order chi connectivity index (χ0) is 16.3. The largest absolute Gasteiger partial charge is 0.466 e.